The molecule has 2 aromatic rings. The average Bonchev–Trinajstić information content (AvgIpc) is 2.52. The lowest BCUT2D eigenvalue weighted by atomic mass is 10.2. The molecule has 1 N–H and O–H groups in total. The van der Waals surface area contributed by atoms with Gasteiger partial charge in [-0.05, 0) is 32.2 Å². The molecule has 1 aromatic carbocycles. The molecular weight excluding hydrogens is 298 g/mol. The van der Waals surface area contributed by atoms with Gasteiger partial charge in [-0.25, -0.2) is 9.97 Å². The van der Waals surface area contributed by atoms with Crippen LogP contribution in [0.4, 0.5) is 5.82 Å². The summed E-state index contributed by atoms with van der Waals surface area (Å²) in [4.78, 5) is 13.5. The molecule has 6 heteroatoms. The van der Waals surface area contributed by atoms with Crippen molar-refractivity contribution in [1.82, 2.24) is 19.8 Å². The van der Waals surface area contributed by atoms with Crippen molar-refractivity contribution in [1.29, 1.82) is 0 Å². The molecular formula is C16H22ClN5. The first-order chi connectivity index (χ1) is 10.6. The quantitative estimate of drug-likeness (QED) is 0.937. The first-order valence-corrected chi connectivity index (χ1v) is 8.08. The Labute approximate surface area is 136 Å². The summed E-state index contributed by atoms with van der Waals surface area (Å²) < 4.78 is 0. The monoisotopic (exact) mass is 319 g/mol. The second-order valence-corrected chi connectivity index (χ2v) is 6.39. The highest BCUT2D eigenvalue weighted by Crippen LogP contribution is 2.22. The number of hydrogen-bond donors (Lipinski definition) is 1. The number of fused-ring (bicyclic) bond motifs is 1. The lowest BCUT2D eigenvalue weighted by Gasteiger charge is -2.36. The van der Waals surface area contributed by atoms with Gasteiger partial charge in [0.25, 0.3) is 0 Å². The third-order valence-corrected chi connectivity index (χ3v) is 4.56. The minimum atomic E-state index is 0.478. The van der Waals surface area contributed by atoms with Crippen LogP contribution in [0.1, 0.15) is 6.92 Å². The van der Waals surface area contributed by atoms with Gasteiger partial charge in [0.1, 0.15) is 12.1 Å². The summed E-state index contributed by atoms with van der Waals surface area (Å²) in [5, 5.41) is 5.17. The Morgan fingerprint density at radius 3 is 2.77 bits per heavy atom. The van der Waals surface area contributed by atoms with Gasteiger partial charge in [-0.2, -0.15) is 0 Å². The lowest BCUT2D eigenvalue weighted by molar-refractivity contribution is 0.123. The van der Waals surface area contributed by atoms with Gasteiger partial charge in [-0.3, -0.25) is 4.90 Å². The standard InChI is InChI=1S/C16H22ClN5/c1-12(22-7-5-21(2)6-8-22)10-18-16-14-4-3-13(17)9-15(14)19-11-20-16/h3-4,9,11-12H,5-8,10H2,1-2H3,(H,18,19,20). The Kier molecular flexibility index (Phi) is 4.76. The van der Waals surface area contributed by atoms with Gasteiger partial charge < -0.3 is 10.2 Å². The third kappa shape index (κ3) is 3.48. The zero-order chi connectivity index (χ0) is 15.5. The summed E-state index contributed by atoms with van der Waals surface area (Å²) in [6.45, 7) is 7.66. The van der Waals surface area contributed by atoms with E-state index in [2.05, 4.69) is 39.1 Å². The average molecular weight is 320 g/mol. The fourth-order valence-electron chi connectivity index (χ4n) is 2.81. The van der Waals surface area contributed by atoms with E-state index in [9.17, 15) is 0 Å². The maximum atomic E-state index is 6.02. The van der Waals surface area contributed by atoms with Crippen LogP contribution in [-0.4, -0.2) is 65.6 Å². The smallest absolute Gasteiger partial charge is 0.137 e. The number of halogens is 1. The summed E-state index contributed by atoms with van der Waals surface area (Å²) >= 11 is 6.02. The molecule has 1 aromatic heterocycles. The number of rotatable bonds is 4. The zero-order valence-corrected chi connectivity index (χ0v) is 13.8. The van der Waals surface area contributed by atoms with E-state index in [1.54, 1.807) is 6.33 Å². The summed E-state index contributed by atoms with van der Waals surface area (Å²) in [6.07, 6.45) is 1.58. The molecule has 3 rings (SSSR count). The van der Waals surface area contributed by atoms with Crippen LogP contribution >= 0.6 is 11.6 Å². The zero-order valence-electron chi connectivity index (χ0n) is 13.1. The van der Waals surface area contributed by atoms with E-state index in [1.165, 1.54) is 0 Å². The molecule has 1 aliphatic heterocycles. The molecule has 0 bridgehead atoms. The minimum absolute atomic E-state index is 0.478. The fraction of sp³-hybridized carbons (Fsp3) is 0.500. The van der Waals surface area contributed by atoms with Gasteiger partial charge in [0.05, 0.1) is 5.52 Å². The first-order valence-electron chi connectivity index (χ1n) is 7.70. The van der Waals surface area contributed by atoms with Gasteiger partial charge in [0.2, 0.25) is 0 Å². The molecule has 0 radical (unpaired) electrons. The Morgan fingerprint density at radius 1 is 1.23 bits per heavy atom. The van der Waals surface area contributed by atoms with Crippen LogP contribution in [0.5, 0.6) is 0 Å². The van der Waals surface area contributed by atoms with Crippen molar-refractivity contribution < 1.29 is 0 Å². The van der Waals surface area contributed by atoms with Crippen LogP contribution < -0.4 is 5.32 Å². The van der Waals surface area contributed by atoms with E-state index < -0.39 is 0 Å². The number of aromatic nitrogens is 2. The van der Waals surface area contributed by atoms with Crippen LogP contribution in [0, 0.1) is 0 Å². The SMILES string of the molecule is CC(CNc1ncnc2cc(Cl)ccc12)N1CCN(C)CC1. The van der Waals surface area contributed by atoms with Crippen molar-refractivity contribution in [3.05, 3.63) is 29.5 Å². The van der Waals surface area contributed by atoms with Crippen molar-refractivity contribution in [2.75, 3.05) is 45.1 Å². The van der Waals surface area contributed by atoms with Crippen LogP contribution in [0.3, 0.4) is 0 Å². The van der Waals surface area contributed by atoms with Gasteiger partial charge in [-0.15, -0.1) is 0 Å². The number of likely N-dealkylation sites (N-methyl/N-ethyl adjacent to an activating group) is 1. The van der Waals surface area contributed by atoms with E-state index in [1.807, 2.05) is 18.2 Å². The number of hydrogen-bond acceptors (Lipinski definition) is 5. The normalized spacial score (nSPS) is 18.5. The van der Waals surface area contributed by atoms with Gasteiger partial charge >= 0.3 is 0 Å². The van der Waals surface area contributed by atoms with Gasteiger partial charge in [0, 0.05) is 49.2 Å². The van der Waals surface area contributed by atoms with E-state index in [4.69, 9.17) is 11.6 Å². The molecule has 0 amide bonds. The van der Waals surface area contributed by atoms with Crippen molar-refractivity contribution >= 4 is 28.3 Å². The topological polar surface area (TPSA) is 44.3 Å². The van der Waals surface area contributed by atoms with E-state index >= 15 is 0 Å². The van der Waals surface area contributed by atoms with Crippen molar-refractivity contribution in [2.24, 2.45) is 0 Å². The van der Waals surface area contributed by atoms with Crippen molar-refractivity contribution in [3.8, 4) is 0 Å². The lowest BCUT2D eigenvalue weighted by Crippen LogP contribution is -2.49. The van der Waals surface area contributed by atoms with E-state index in [-0.39, 0.29) is 0 Å². The number of benzene rings is 1. The highest BCUT2D eigenvalue weighted by molar-refractivity contribution is 6.31. The maximum absolute atomic E-state index is 6.02. The Morgan fingerprint density at radius 2 is 2.00 bits per heavy atom. The van der Waals surface area contributed by atoms with Crippen molar-refractivity contribution in [3.63, 3.8) is 0 Å². The highest BCUT2D eigenvalue weighted by Gasteiger charge is 2.19. The molecule has 1 unspecified atom stereocenters. The summed E-state index contributed by atoms with van der Waals surface area (Å²) in [7, 11) is 2.18. The second kappa shape index (κ2) is 6.77. The fourth-order valence-corrected chi connectivity index (χ4v) is 2.97. The molecule has 1 saturated heterocycles. The highest BCUT2D eigenvalue weighted by atomic mass is 35.5. The number of nitrogens with one attached hydrogen (secondary N) is 1. The molecule has 2 heterocycles. The summed E-state index contributed by atoms with van der Waals surface area (Å²) in [6, 6.07) is 6.20. The molecule has 0 aliphatic carbocycles. The summed E-state index contributed by atoms with van der Waals surface area (Å²) in [5.41, 5.74) is 0.872. The predicted octanol–water partition coefficient (Wildman–Crippen LogP) is 2.33. The molecule has 1 atom stereocenters. The van der Waals surface area contributed by atoms with E-state index in [0.29, 0.717) is 11.1 Å². The second-order valence-electron chi connectivity index (χ2n) is 5.95. The van der Waals surface area contributed by atoms with Crippen molar-refractivity contribution in [2.45, 2.75) is 13.0 Å². The molecule has 22 heavy (non-hydrogen) atoms. The van der Waals surface area contributed by atoms with Crippen LogP contribution in [0.15, 0.2) is 24.5 Å². The number of anilines is 1. The predicted molar refractivity (Wildman–Crippen MR) is 91.6 cm³/mol. The molecule has 0 saturated carbocycles. The number of nitrogens with zero attached hydrogens (tertiary/aromatic N) is 4. The number of piperazine rings is 1. The maximum Gasteiger partial charge on any atom is 0.137 e. The molecule has 1 fully saturated rings. The van der Waals surface area contributed by atoms with Crippen LogP contribution in [-0.2, 0) is 0 Å². The Hall–Kier alpha value is -1.43. The minimum Gasteiger partial charge on any atom is -0.368 e. The molecule has 1 aliphatic rings. The third-order valence-electron chi connectivity index (χ3n) is 4.32. The molecule has 118 valence electrons. The molecule has 5 nitrogen and oxygen atoms in total. The summed E-state index contributed by atoms with van der Waals surface area (Å²) in [5.74, 6) is 0.877. The van der Waals surface area contributed by atoms with Gasteiger partial charge in [0.15, 0.2) is 0 Å². The van der Waals surface area contributed by atoms with Crippen LogP contribution in [0.2, 0.25) is 5.02 Å². The largest absolute Gasteiger partial charge is 0.368 e. The van der Waals surface area contributed by atoms with E-state index in [0.717, 1.165) is 49.4 Å². The van der Waals surface area contributed by atoms with Crippen LogP contribution in [0.25, 0.3) is 10.9 Å². The van der Waals surface area contributed by atoms with Gasteiger partial charge in [-0.1, -0.05) is 11.6 Å². The Balaban J connectivity index is 1.66. The Bertz CT molecular complexity index is 639. The molecule has 0 spiro atoms. The first kappa shape index (κ1) is 15.5.